The Morgan fingerprint density at radius 1 is 1.06 bits per heavy atom. The molecule has 8 rings (SSSR count). The highest BCUT2D eigenvalue weighted by Gasteiger charge is 2.96. The van der Waals surface area contributed by atoms with Crippen molar-refractivity contribution in [1.82, 2.24) is 0 Å². The molecule has 7 fully saturated rings. The van der Waals surface area contributed by atoms with Gasteiger partial charge in [-0.2, -0.15) is 0 Å². The van der Waals surface area contributed by atoms with Gasteiger partial charge in [-0.25, -0.2) is 9.59 Å². The quantitative estimate of drug-likeness (QED) is 0.157. The average Bonchev–Trinajstić information content (AvgIpc) is 3.42. The summed E-state index contributed by atoms with van der Waals surface area (Å²) >= 11 is 0. The minimum atomic E-state index is -2.70. The second kappa shape index (κ2) is 9.34. The molecule has 14 nitrogen and oxygen atoms in total. The van der Waals surface area contributed by atoms with Crippen LogP contribution in [-0.4, -0.2) is 114 Å². The maximum atomic E-state index is 13.8. The van der Waals surface area contributed by atoms with Gasteiger partial charge in [0, 0.05) is 34.2 Å². The maximum Gasteiger partial charge on any atom is 0.366 e. The van der Waals surface area contributed by atoms with E-state index in [4.69, 9.17) is 37.9 Å². The maximum absolute atomic E-state index is 13.8. The van der Waals surface area contributed by atoms with E-state index in [1.165, 1.54) is 19.4 Å². The van der Waals surface area contributed by atoms with Crippen molar-refractivity contribution in [3.63, 3.8) is 0 Å². The highest BCUT2D eigenvalue weighted by atomic mass is 16.7. The summed E-state index contributed by atoms with van der Waals surface area (Å²) in [5.74, 6) is -7.90. The molecule has 258 valence electrons. The first-order chi connectivity index (χ1) is 22.1. The van der Waals surface area contributed by atoms with Crippen LogP contribution in [0.5, 0.6) is 0 Å². The molecule has 0 aromatic rings. The molecule has 3 N–H and O–H groups in total. The smallest absolute Gasteiger partial charge is 0.366 e. The molecule has 8 aliphatic rings. The fraction of sp³-hybridized carbons (Fsp3) is 0.788. The van der Waals surface area contributed by atoms with Gasteiger partial charge < -0.3 is 53.2 Å². The largest absolute Gasteiger partial charge is 0.469 e. The molecular formula is C33H42O14. The van der Waals surface area contributed by atoms with Crippen molar-refractivity contribution in [2.75, 3.05) is 27.4 Å². The van der Waals surface area contributed by atoms with E-state index in [0.717, 1.165) is 7.11 Å². The molecule has 3 saturated carbocycles. The molecular weight excluding hydrogens is 620 g/mol. The molecule has 47 heavy (non-hydrogen) atoms. The topological polar surface area (TPSA) is 189 Å². The van der Waals surface area contributed by atoms with Gasteiger partial charge in [-0.1, -0.05) is 13.0 Å². The second-order valence-corrected chi connectivity index (χ2v) is 15.1. The first kappa shape index (κ1) is 31.7. The highest BCUT2D eigenvalue weighted by Crippen LogP contribution is 2.82. The molecule has 0 amide bonds. The number of allylic oxidation sites excluding steroid dienone is 1. The van der Waals surface area contributed by atoms with Crippen LogP contribution in [-0.2, 0) is 52.3 Å². The van der Waals surface area contributed by atoms with Gasteiger partial charge in [0.1, 0.15) is 17.3 Å². The lowest BCUT2D eigenvalue weighted by molar-refractivity contribution is -0.310. The van der Waals surface area contributed by atoms with Crippen LogP contribution in [0.4, 0.5) is 0 Å². The zero-order chi connectivity index (χ0) is 33.7. The van der Waals surface area contributed by atoms with E-state index in [2.05, 4.69) is 0 Å². The summed E-state index contributed by atoms with van der Waals surface area (Å²) in [6.45, 7) is 6.37. The van der Waals surface area contributed by atoms with Gasteiger partial charge in [-0.05, 0) is 46.1 Å². The van der Waals surface area contributed by atoms with Gasteiger partial charge in [0.2, 0.25) is 6.29 Å². The number of aliphatic hydroxyl groups excluding tert-OH is 1. The van der Waals surface area contributed by atoms with Crippen LogP contribution in [0.2, 0.25) is 0 Å². The van der Waals surface area contributed by atoms with Crippen molar-refractivity contribution in [2.24, 2.45) is 34.0 Å². The van der Waals surface area contributed by atoms with Crippen molar-refractivity contribution < 1.29 is 67.6 Å². The number of carbonyl (C=O) groups is 3. The summed E-state index contributed by atoms with van der Waals surface area (Å²) in [5.41, 5.74) is -8.28. The number of ether oxygens (including phenoxy) is 8. The Bertz CT molecular complexity index is 1510. The first-order valence-corrected chi connectivity index (χ1v) is 16.2. The number of methoxy groups -OCH3 is 2. The van der Waals surface area contributed by atoms with Crippen LogP contribution in [0.1, 0.15) is 47.0 Å². The zero-order valence-corrected chi connectivity index (χ0v) is 27.2. The lowest BCUT2D eigenvalue weighted by atomic mass is 9.38. The lowest BCUT2D eigenvalue weighted by Gasteiger charge is -2.65. The number of fused-ring (bicyclic) bond motifs is 7. The summed E-state index contributed by atoms with van der Waals surface area (Å²) in [6.07, 6.45) is -0.193. The van der Waals surface area contributed by atoms with Gasteiger partial charge >= 0.3 is 17.9 Å². The molecule has 15 atom stereocenters. The van der Waals surface area contributed by atoms with E-state index < -0.39 is 105 Å². The van der Waals surface area contributed by atoms with E-state index in [1.54, 1.807) is 26.8 Å². The third-order valence-corrected chi connectivity index (χ3v) is 13.8. The van der Waals surface area contributed by atoms with Crippen molar-refractivity contribution in [2.45, 2.75) is 100 Å². The van der Waals surface area contributed by atoms with E-state index >= 15 is 0 Å². The Balaban J connectivity index is 1.38. The zero-order valence-electron chi connectivity index (χ0n) is 27.2. The monoisotopic (exact) mass is 662 g/mol. The number of aliphatic hydroxyl groups is 3. The molecule has 5 heterocycles. The van der Waals surface area contributed by atoms with Gasteiger partial charge in [0.05, 0.1) is 57.4 Å². The fourth-order valence-corrected chi connectivity index (χ4v) is 11.9. The van der Waals surface area contributed by atoms with Crippen LogP contribution in [0.3, 0.4) is 0 Å². The summed E-state index contributed by atoms with van der Waals surface area (Å²) < 4.78 is 48.1. The molecule has 14 heteroatoms. The SMILES string of the molecule is C/C=C(/C)C(=O)O[C@@H]1CC[C@]2(C(=O)OC)CO[C@H]3[C@@H](O)[C@@](C)([C@]45O[C@]4(C)[C@H]4C[C@H]5O[C@@H]5OC=C[C@@]54O)[C@@H]4[C@]1(CO[C@]4(O)C(=O)OC)[C@@H]32. The van der Waals surface area contributed by atoms with Crippen molar-refractivity contribution >= 4 is 17.9 Å². The molecule has 2 bridgehead atoms. The standard InChI is InChI=1S/C33H42O14/c1-7-15(2)22(35)45-17-8-9-29(24(36)40-5)13-43-19-20(29)30(17)14-44-32(39,25(37)41-6)23(30)27(3,21(19)34)33-18-12-16(28(33,4)47-33)31(38)10-11-42-26(31)46-18/h7,10-11,16-21,23,26,34,38-39H,8-9,12-14H2,1-6H3/b15-7-/t16-,17-,18-,19-,20+,21-,23-,26+,27-,28-,29+,30+,31+,32+,33+/m1/s1. The molecule has 4 saturated heterocycles. The fourth-order valence-electron chi connectivity index (χ4n) is 11.9. The van der Waals surface area contributed by atoms with E-state index in [-0.39, 0.29) is 26.1 Å². The molecule has 0 aromatic heterocycles. The van der Waals surface area contributed by atoms with E-state index in [1.807, 2.05) is 6.92 Å². The third-order valence-electron chi connectivity index (χ3n) is 13.8. The summed E-state index contributed by atoms with van der Waals surface area (Å²) in [6, 6.07) is 0. The molecule has 0 unspecified atom stereocenters. The van der Waals surface area contributed by atoms with E-state index in [9.17, 15) is 29.7 Å². The molecule has 1 spiro atoms. The predicted molar refractivity (Wildman–Crippen MR) is 153 cm³/mol. The second-order valence-electron chi connectivity index (χ2n) is 15.1. The Morgan fingerprint density at radius 3 is 2.47 bits per heavy atom. The predicted octanol–water partition coefficient (Wildman–Crippen LogP) is 0.255. The van der Waals surface area contributed by atoms with E-state index in [0.29, 0.717) is 12.0 Å². The van der Waals surface area contributed by atoms with Crippen LogP contribution in [0, 0.1) is 34.0 Å². The van der Waals surface area contributed by atoms with Gasteiger partial charge in [-0.3, -0.25) is 4.79 Å². The Hall–Kier alpha value is -2.59. The van der Waals surface area contributed by atoms with Crippen LogP contribution in [0.25, 0.3) is 0 Å². The van der Waals surface area contributed by atoms with Gasteiger partial charge in [-0.15, -0.1) is 0 Å². The third kappa shape index (κ3) is 3.16. The summed E-state index contributed by atoms with van der Waals surface area (Å²) in [5, 5.41) is 37.1. The lowest BCUT2D eigenvalue weighted by Crippen LogP contribution is -2.77. The minimum absolute atomic E-state index is 0.115. The molecule has 0 radical (unpaired) electrons. The average molecular weight is 663 g/mol. The van der Waals surface area contributed by atoms with Crippen LogP contribution < -0.4 is 0 Å². The van der Waals surface area contributed by atoms with Crippen LogP contribution >= 0.6 is 0 Å². The first-order valence-electron chi connectivity index (χ1n) is 16.2. The summed E-state index contributed by atoms with van der Waals surface area (Å²) in [7, 11) is 2.38. The number of hydrogen-bond acceptors (Lipinski definition) is 14. The molecule has 0 aromatic carbocycles. The van der Waals surface area contributed by atoms with Crippen molar-refractivity contribution in [3.05, 3.63) is 24.0 Å². The van der Waals surface area contributed by atoms with Gasteiger partial charge in [0.15, 0.2) is 5.60 Å². The summed E-state index contributed by atoms with van der Waals surface area (Å²) in [4.78, 5) is 41.0. The number of epoxide rings is 1. The number of carbonyl (C=O) groups excluding carboxylic acids is 3. The van der Waals surface area contributed by atoms with Crippen LogP contribution in [0.15, 0.2) is 24.0 Å². The van der Waals surface area contributed by atoms with Crippen molar-refractivity contribution in [1.29, 1.82) is 0 Å². The van der Waals surface area contributed by atoms with Gasteiger partial charge in [0.25, 0.3) is 5.79 Å². The Kier molecular flexibility index (Phi) is 6.30. The molecule has 5 aliphatic heterocycles. The normalized spacial score (nSPS) is 56.1. The Labute approximate surface area is 271 Å². The highest BCUT2D eigenvalue weighted by molar-refractivity contribution is 5.88. The number of rotatable bonds is 5. The number of esters is 3. The minimum Gasteiger partial charge on any atom is -0.469 e. The number of hydrogen-bond donors (Lipinski definition) is 3. The molecule has 3 aliphatic carbocycles. The van der Waals surface area contributed by atoms with Crippen molar-refractivity contribution in [3.8, 4) is 0 Å². The Morgan fingerprint density at radius 2 is 1.79 bits per heavy atom.